The van der Waals surface area contributed by atoms with Gasteiger partial charge in [-0.3, -0.25) is 4.79 Å². The van der Waals surface area contributed by atoms with E-state index in [0.717, 1.165) is 0 Å². The molecule has 0 saturated heterocycles. The van der Waals surface area contributed by atoms with E-state index in [0.29, 0.717) is 4.68 Å². The van der Waals surface area contributed by atoms with Gasteiger partial charge in [-0.05, 0) is 19.1 Å². The number of rotatable bonds is 5. The van der Waals surface area contributed by atoms with Crippen LogP contribution in [-0.4, -0.2) is 26.7 Å². The number of carbonyl (C=O) groups is 1. The lowest BCUT2D eigenvalue weighted by Crippen LogP contribution is -2.30. The molecule has 1 aromatic heterocycles. The third kappa shape index (κ3) is 3.84. The SMILES string of the molecule is CCOC(=O)C1(c2c(C#N)nn(-c3c(Cl)cc(S(F)(F)(F)(F)F)cc3Cl)c2N)CC1(Cl)Cl. The second-order valence-electron chi connectivity index (χ2n) is 6.84. The molecule has 0 amide bonds. The van der Waals surface area contributed by atoms with Crippen molar-refractivity contribution in [3.63, 3.8) is 0 Å². The molecule has 16 heteroatoms. The lowest BCUT2D eigenvalue weighted by Gasteiger charge is -2.40. The van der Waals surface area contributed by atoms with Crippen molar-refractivity contribution in [1.82, 2.24) is 9.78 Å². The first-order valence-corrected chi connectivity index (χ1v) is 11.8. The van der Waals surface area contributed by atoms with Crippen LogP contribution in [0.3, 0.4) is 0 Å². The first-order valence-electron chi connectivity index (χ1n) is 8.38. The van der Waals surface area contributed by atoms with Gasteiger partial charge in [0.25, 0.3) is 0 Å². The number of halogens is 9. The summed E-state index contributed by atoms with van der Waals surface area (Å²) in [5, 5.41) is 11.6. The molecule has 1 atom stereocenters. The van der Waals surface area contributed by atoms with Crippen LogP contribution in [-0.2, 0) is 14.9 Å². The molecule has 3 rings (SSSR count). The van der Waals surface area contributed by atoms with Gasteiger partial charge in [0.05, 0.1) is 22.2 Å². The highest BCUT2D eigenvalue weighted by Gasteiger charge is 2.75. The fourth-order valence-corrected chi connectivity index (χ4v) is 5.41. The smallest absolute Gasteiger partial charge is 0.320 e. The molecule has 2 aromatic rings. The van der Waals surface area contributed by atoms with Crippen molar-refractivity contribution in [2.45, 2.75) is 28.0 Å². The van der Waals surface area contributed by atoms with Crippen LogP contribution in [0.25, 0.3) is 5.69 Å². The van der Waals surface area contributed by atoms with Crippen molar-refractivity contribution in [1.29, 1.82) is 5.26 Å². The molecule has 1 aromatic carbocycles. The number of ether oxygens (including phenoxy) is 1. The Kier molecular flexibility index (Phi) is 5.23. The van der Waals surface area contributed by atoms with Crippen LogP contribution in [0.4, 0.5) is 25.2 Å². The molecule has 176 valence electrons. The number of benzene rings is 1. The van der Waals surface area contributed by atoms with Crippen molar-refractivity contribution < 1.29 is 29.0 Å². The van der Waals surface area contributed by atoms with Gasteiger partial charge >= 0.3 is 16.2 Å². The average molecular weight is 560 g/mol. The number of carbonyl (C=O) groups excluding carboxylic acids is 1. The number of nitrogens with zero attached hydrogens (tertiary/aromatic N) is 3. The molecule has 1 fully saturated rings. The molecule has 32 heavy (non-hydrogen) atoms. The number of anilines is 1. The van der Waals surface area contributed by atoms with Gasteiger partial charge in [-0.25, -0.2) is 4.68 Å². The summed E-state index contributed by atoms with van der Waals surface area (Å²) in [6.45, 7) is 1.45. The lowest BCUT2D eigenvalue weighted by molar-refractivity contribution is -0.146. The quantitative estimate of drug-likeness (QED) is 0.251. The summed E-state index contributed by atoms with van der Waals surface area (Å²) in [5.74, 6) is -1.39. The number of nitriles is 1. The minimum Gasteiger partial charge on any atom is -0.465 e. The van der Waals surface area contributed by atoms with Crippen LogP contribution in [0, 0.1) is 11.3 Å². The highest BCUT2D eigenvalue weighted by molar-refractivity contribution is 8.45. The Morgan fingerprint density at radius 1 is 1.28 bits per heavy atom. The zero-order chi connectivity index (χ0) is 24.6. The van der Waals surface area contributed by atoms with Gasteiger partial charge < -0.3 is 10.5 Å². The van der Waals surface area contributed by atoms with Gasteiger partial charge in [0.2, 0.25) is 0 Å². The van der Waals surface area contributed by atoms with Crippen LogP contribution in [0.15, 0.2) is 17.0 Å². The Morgan fingerprint density at radius 2 is 1.78 bits per heavy atom. The number of hydrogen-bond acceptors (Lipinski definition) is 5. The van der Waals surface area contributed by atoms with E-state index >= 15 is 0 Å². The molecular formula is C16H11Cl4F5N4O2S. The van der Waals surface area contributed by atoms with Crippen molar-refractivity contribution in [3.05, 3.63) is 33.4 Å². The molecule has 0 spiro atoms. The first-order chi connectivity index (χ1) is 14.3. The van der Waals surface area contributed by atoms with Gasteiger partial charge in [0.1, 0.15) is 32.2 Å². The van der Waals surface area contributed by atoms with Gasteiger partial charge in [0, 0.05) is 6.42 Å². The molecule has 0 bridgehead atoms. The predicted octanol–water partition coefficient (Wildman–Crippen LogP) is 6.67. The summed E-state index contributed by atoms with van der Waals surface area (Å²) in [6, 6.07) is 1.60. The molecule has 1 aliphatic carbocycles. The number of aromatic nitrogens is 2. The molecule has 0 radical (unpaired) electrons. The second-order valence-corrected chi connectivity index (χ2v) is 11.6. The van der Waals surface area contributed by atoms with E-state index in [-0.39, 0.29) is 30.7 Å². The molecule has 1 unspecified atom stereocenters. The third-order valence-electron chi connectivity index (χ3n) is 4.71. The van der Waals surface area contributed by atoms with Crippen LogP contribution in [0.5, 0.6) is 0 Å². The fraction of sp³-hybridized carbons (Fsp3) is 0.312. The maximum Gasteiger partial charge on any atom is 0.320 e. The molecule has 1 saturated carbocycles. The molecule has 0 aliphatic heterocycles. The van der Waals surface area contributed by atoms with Crippen molar-refractivity contribution in [3.8, 4) is 11.8 Å². The van der Waals surface area contributed by atoms with Gasteiger partial charge in [0.15, 0.2) is 5.69 Å². The fourth-order valence-electron chi connectivity index (χ4n) is 3.21. The van der Waals surface area contributed by atoms with E-state index in [1.165, 1.54) is 6.92 Å². The predicted molar refractivity (Wildman–Crippen MR) is 111 cm³/mol. The van der Waals surface area contributed by atoms with Crippen molar-refractivity contribution >= 4 is 68.4 Å². The lowest BCUT2D eigenvalue weighted by atomic mass is 9.95. The van der Waals surface area contributed by atoms with E-state index in [9.17, 15) is 29.5 Å². The van der Waals surface area contributed by atoms with Gasteiger partial charge in [-0.15, -0.1) is 0 Å². The third-order valence-corrected chi connectivity index (χ3v) is 7.33. The minimum absolute atomic E-state index is 0.0389. The van der Waals surface area contributed by atoms with Crippen LogP contribution < -0.4 is 5.73 Å². The van der Waals surface area contributed by atoms with E-state index < -0.39 is 58.1 Å². The largest absolute Gasteiger partial charge is 0.465 e. The molecule has 1 heterocycles. The highest BCUT2D eigenvalue weighted by atomic mass is 35.5. The zero-order valence-electron chi connectivity index (χ0n) is 15.6. The number of nitrogens with two attached hydrogens (primary N) is 1. The van der Waals surface area contributed by atoms with E-state index in [4.69, 9.17) is 56.9 Å². The molecule has 2 N–H and O–H groups in total. The first kappa shape index (κ1) is 25.0. The molecular weight excluding hydrogens is 549 g/mol. The summed E-state index contributed by atoms with van der Waals surface area (Å²) in [4.78, 5) is 10.3. The Hall–Kier alpha value is -1.65. The number of nitrogen functional groups attached to an aromatic ring is 1. The van der Waals surface area contributed by atoms with Crippen LogP contribution >= 0.6 is 56.6 Å². The summed E-state index contributed by atoms with van der Waals surface area (Å²) in [5.41, 5.74) is 2.99. The Bertz CT molecular complexity index is 1190. The summed E-state index contributed by atoms with van der Waals surface area (Å²) < 4.78 is 69.7. The van der Waals surface area contributed by atoms with E-state index in [1.807, 2.05) is 0 Å². The number of esters is 1. The maximum absolute atomic E-state index is 13.2. The van der Waals surface area contributed by atoms with Gasteiger partial charge in [-0.1, -0.05) is 65.8 Å². The maximum atomic E-state index is 13.2. The van der Waals surface area contributed by atoms with E-state index in [1.54, 1.807) is 6.07 Å². The summed E-state index contributed by atoms with van der Waals surface area (Å²) >= 11 is 24.0. The van der Waals surface area contributed by atoms with Gasteiger partial charge in [-0.2, -0.15) is 10.4 Å². The van der Waals surface area contributed by atoms with Crippen LogP contribution in [0.1, 0.15) is 24.6 Å². The second kappa shape index (κ2) is 6.70. The Balaban J connectivity index is 2.28. The van der Waals surface area contributed by atoms with Crippen LogP contribution in [0.2, 0.25) is 10.0 Å². The molecule has 6 nitrogen and oxygen atoms in total. The summed E-state index contributed by atoms with van der Waals surface area (Å²) in [6.07, 6.45) is -0.211. The monoisotopic (exact) mass is 558 g/mol. The summed E-state index contributed by atoms with van der Waals surface area (Å²) in [7, 11) is -10.1. The van der Waals surface area contributed by atoms with E-state index in [2.05, 4.69) is 5.10 Å². The average Bonchev–Trinajstić information content (AvgIpc) is 3.04. The molecule has 1 aliphatic rings. The van der Waals surface area contributed by atoms with Crippen molar-refractivity contribution in [2.75, 3.05) is 12.3 Å². The standard InChI is InChI=1S/C16H11Cl4F5N4O2S/c1-2-31-14(30)15(6-16(15,19)20)11-10(5-26)28-29(13(11)27)12-8(17)3-7(4-9(12)18)32(21,22,23,24)25/h3-4H,2,6,27H2,1H3. The number of alkyl halides is 2. The minimum atomic E-state index is -10.1. The Labute approximate surface area is 197 Å². The topological polar surface area (TPSA) is 93.9 Å². The Morgan fingerprint density at radius 3 is 2.16 bits per heavy atom. The van der Waals surface area contributed by atoms with Crippen molar-refractivity contribution in [2.24, 2.45) is 0 Å². The number of hydrogen-bond donors (Lipinski definition) is 1. The highest BCUT2D eigenvalue weighted by Crippen LogP contribution is 3.02. The normalized spacial score (nSPS) is 21.9. The zero-order valence-corrected chi connectivity index (χ0v) is 19.5.